The van der Waals surface area contributed by atoms with Crippen LogP contribution in [0.15, 0.2) is 29.2 Å². The molecule has 2 aromatic rings. The Hall–Kier alpha value is -1.55. The molecule has 3 nitrogen and oxygen atoms in total. The Morgan fingerprint density at radius 3 is 2.62 bits per heavy atom. The van der Waals surface area contributed by atoms with Crippen molar-refractivity contribution >= 4 is 17.6 Å². The highest BCUT2D eigenvalue weighted by molar-refractivity contribution is 7.99. The molecule has 21 heavy (non-hydrogen) atoms. The number of aromatic nitrogens is 2. The number of benzene rings is 1. The Morgan fingerprint density at radius 2 is 1.90 bits per heavy atom. The Labute approximate surface area is 130 Å². The van der Waals surface area contributed by atoms with Crippen molar-refractivity contribution in [1.29, 1.82) is 0 Å². The van der Waals surface area contributed by atoms with E-state index in [1.807, 2.05) is 11.8 Å². The molecule has 1 aliphatic rings. The predicted molar refractivity (Wildman–Crippen MR) is 90.1 cm³/mol. The number of hydrogen-bond donors (Lipinski definition) is 1. The van der Waals surface area contributed by atoms with Crippen LogP contribution in [0, 0.1) is 0 Å². The number of rotatable bonds is 5. The first-order chi connectivity index (χ1) is 10.3. The molecular formula is C17H21N3S. The summed E-state index contributed by atoms with van der Waals surface area (Å²) < 4.78 is 0. The standard InChI is InChI=1S/C17H21N3S/c1-3-18-17-14-6-5-7-15(14)19-16(20-17)12-8-10-13(11-9-12)21-4-2/h8-11H,3-7H2,1-2H3,(H,18,19,20). The maximum absolute atomic E-state index is 4.78. The van der Waals surface area contributed by atoms with Crippen molar-refractivity contribution in [3.8, 4) is 11.4 Å². The van der Waals surface area contributed by atoms with E-state index in [1.165, 1.54) is 22.6 Å². The summed E-state index contributed by atoms with van der Waals surface area (Å²) in [6.07, 6.45) is 3.37. The third-order valence-electron chi connectivity index (χ3n) is 3.70. The van der Waals surface area contributed by atoms with E-state index in [2.05, 4.69) is 43.4 Å². The fourth-order valence-corrected chi connectivity index (χ4v) is 3.40. The van der Waals surface area contributed by atoms with E-state index in [0.29, 0.717) is 0 Å². The van der Waals surface area contributed by atoms with E-state index in [9.17, 15) is 0 Å². The molecule has 0 spiro atoms. The zero-order valence-corrected chi connectivity index (χ0v) is 13.5. The van der Waals surface area contributed by atoms with Gasteiger partial charge in [-0.3, -0.25) is 0 Å². The average molecular weight is 299 g/mol. The van der Waals surface area contributed by atoms with Gasteiger partial charge in [0.1, 0.15) is 5.82 Å². The molecule has 0 saturated carbocycles. The Bertz CT molecular complexity index is 623. The normalized spacial score (nSPS) is 13.2. The molecule has 0 bridgehead atoms. The van der Waals surface area contributed by atoms with Crippen molar-refractivity contribution in [3.05, 3.63) is 35.5 Å². The van der Waals surface area contributed by atoms with Gasteiger partial charge in [-0.15, -0.1) is 11.8 Å². The van der Waals surface area contributed by atoms with Crippen molar-refractivity contribution in [2.75, 3.05) is 17.6 Å². The minimum atomic E-state index is 0.847. The van der Waals surface area contributed by atoms with Crippen LogP contribution in [0.2, 0.25) is 0 Å². The van der Waals surface area contributed by atoms with Crippen LogP contribution in [-0.2, 0) is 12.8 Å². The number of nitrogens with zero attached hydrogens (tertiary/aromatic N) is 2. The average Bonchev–Trinajstić information content (AvgIpc) is 2.97. The smallest absolute Gasteiger partial charge is 0.161 e. The molecule has 4 heteroatoms. The minimum Gasteiger partial charge on any atom is -0.370 e. The SMILES string of the molecule is CCNc1nc(-c2ccc(SCC)cc2)nc2c1CCC2. The lowest BCUT2D eigenvalue weighted by atomic mass is 10.2. The molecule has 1 aliphatic carbocycles. The zero-order chi connectivity index (χ0) is 14.7. The number of aryl methyl sites for hydroxylation is 1. The van der Waals surface area contributed by atoms with Crippen molar-refractivity contribution in [3.63, 3.8) is 0 Å². The number of nitrogens with one attached hydrogen (secondary N) is 1. The van der Waals surface area contributed by atoms with Gasteiger partial charge >= 0.3 is 0 Å². The van der Waals surface area contributed by atoms with E-state index >= 15 is 0 Å². The van der Waals surface area contributed by atoms with Gasteiger partial charge < -0.3 is 5.32 Å². The van der Waals surface area contributed by atoms with Crippen LogP contribution in [-0.4, -0.2) is 22.3 Å². The van der Waals surface area contributed by atoms with Gasteiger partial charge in [-0.05, 0) is 44.1 Å². The van der Waals surface area contributed by atoms with Crippen LogP contribution >= 0.6 is 11.8 Å². The monoisotopic (exact) mass is 299 g/mol. The van der Waals surface area contributed by atoms with Gasteiger partial charge in [0.2, 0.25) is 0 Å². The lowest BCUT2D eigenvalue weighted by Crippen LogP contribution is -2.06. The maximum atomic E-state index is 4.78. The summed E-state index contributed by atoms with van der Waals surface area (Å²) >= 11 is 1.86. The van der Waals surface area contributed by atoms with Gasteiger partial charge in [-0.1, -0.05) is 19.1 Å². The summed E-state index contributed by atoms with van der Waals surface area (Å²) in [7, 11) is 0. The molecule has 0 radical (unpaired) electrons. The highest BCUT2D eigenvalue weighted by atomic mass is 32.2. The molecule has 0 amide bonds. The molecular weight excluding hydrogens is 278 g/mol. The van der Waals surface area contributed by atoms with Crippen LogP contribution in [0.1, 0.15) is 31.5 Å². The number of hydrogen-bond acceptors (Lipinski definition) is 4. The first-order valence-corrected chi connectivity index (χ1v) is 8.67. The molecule has 1 heterocycles. The Kier molecular flexibility index (Phi) is 4.44. The number of anilines is 1. The predicted octanol–water partition coefficient (Wildman–Crippen LogP) is 4.18. The van der Waals surface area contributed by atoms with Crippen molar-refractivity contribution in [2.45, 2.75) is 38.0 Å². The molecule has 0 unspecified atom stereocenters. The van der Waals surface area contributed by atoms with E-state index in [0.717, 1.165) is 42.3 Å². The number of thioether (sulfide) groups is 1. The third kappa shape index (κ3) is 3.05. The van der Waals surface area contributed by atoms with E-state index < -0.39 is 0 Å². The summed E-state index contributed by atoms with van der Waals surface area (Å²) in [4.78, 5) is 10.8. The molecule has 1 aromatic carbocycles. The van der Waals surface area contributed by atoms with E-state index in [-0.39, 0.29) is 0 Å². The number of fused-ring (bicyclic) bond motifs is 1. The van der Waals surface area contributed by atoms with Gasteiger partial charge in [0.05, 0.1) is 0 Å². The summed E-state index contributed by atoms with van der Waals surface area (Å²) in [5.74, 6) is 2.97. The fourth-order valence-electron chi connectivity index (χ4n) is 2.74. The summed E-state index contributed by atoms with van der Waals surface area (Å²) in [5, 5.41) is 3.39. The molecule has 0 fully saturated rings. The molecule has 1 N–H and O–H groups in total. The Morgan fingerprint density at radius 1 is 1.10 bits per heavy atom. The van der Waals surface area contributed by atoms with Gasteiger partial charge in [-0.25, -0.2) is 9.97 Å². The molecule has 0 saturated heterocycles. The highest BCUT2D eigenvalue weighted by Crippen LogP contribution is 2.29. The summed E-state index contributed by atoms with van der Waals surface area (Å²) in [6.45, 7) is 5.18. The topological polar surface area (TPSA) is 37.8 Å². The summed E-state index contributed by atoms with van der Waals surface area (Å²) in [6, 6.07) is 8.58. The van der Waals surface area contributed by atoms with Crippen molar-refractivity contribution < 1.29 is 0 Å². The second kappa shape index (κ2) is 6.48. The van der Waals surface area contributed by atoms with E-state index in [1.54, 1.807) is 0 Å². The lowest BCUT2D eigenvalue weighted by molar-refractivity contribution is 0.900. The van der Waals surface area contributed by atoms with Gasteiger partial charge in [0, 0.05) is 28.3 Å². The first kappa shape index (κ1) is 14.4. The van der Waals surface area contributed by atoms with Crippen LogP contribution in [0.5, 0.6) is 0 Å². The van der Waals surface area contributed by atoms with Crippen molar-refractivity contribution in [1.82, 2.24) is 9.97 Å². The maximum Gasteiger partial charge on any atom is 0.161 e. The zero-order valence-electron chi connectivity index (χ0n) is 12.6. The highest BCUT2D eigenvalue weighted by Gasteiger charge is 2.19. The second-order valence-electron chi connectivity index (χ2n) is 5.16. The third-order valence-corrected chi connectivity index (χ3v) is 4.60. The first-order valence-electron chi connectivity index (χ1n) is 7.68. The fraction of sp³-hybridized carbons (Fsp3) is 0.412. The van der Waals surface area contributed by atoms with Gasteiger partial charge in [0.25, 0.3) is 0 Å². The molecule has 110 valence electrons. The summed E-state index contributed by atoms with van der Waals surface area (Å²) in [5.41, 5.74) is 3.64. The largest absolute Gasteiger partial charge is 0.370 e. The van der Waals surface area contributed by atoms with Crippen LogP contribution < -0.4 is 5.32 Å². The van der Waals surface area contributed by atoms with Crippen LogP contribution in [0.3, 0.4) is 0 Å². The van der Waals surface area contributed by atoms with Crippen molar-refractivity contribution in [2.24, 2.45) is 0 Å². The quantitative estimate of drug-likeness (QED) is 0.841. The van der Waals surface area contributed by atoms with Crippen LogP contribution in [0.25, 0.3) is 11.4 Å². The Balaban J connectivity index is 1.96. The van der Waals surface area contributed by atoms with E-state index in [4.69, 9.17) is 9.97 Å². The molecule has 0 aliphatic heterocycles. The van der Waals surface area contributed by atoms with Gasteiger partial charge in [-0.2, -0.15) is 0 Å². The minimum absolute atomic E-state index is 0.847. The molecule has 0 atom stereocenters. The van der Waals surface area contributed by atoms with Gasteiger partial charge in [0.15, 0.2) is 5.82 Å². The lowest BCUT2D eigenvalue weighted by Gasteiger charge is -2.11. The molecule has 1 aromatic heterocycles. The second-order valence-corrected chi connectivity index (χ2v) is 6.50. The van der Waals surface area contributed by atoms with Crippen LogP contribution in [0.4, 0.5) is 5.82 Å². The molecule has 3 rings (SSSR count).